The molecule has 2 aromatic rings. The summed E-state index contributed by atoms with van der Waals surface area (Å²) in [4.78, 5) is 12.2. The molecular weight excluding hydrogens is 364 g/mol. The molecule has 0 bridgehead atoms. The van der Waals surface area contributed by atoms with E-state index in [9.17, 15) is 13.2 Å². The highest BCUT2D eigenvalue weighted by atomic mass is 32.2. The lowest BCUT2D eigenvalue weighted by Crippen LogP contribution is -2.35. The third-order valence-corrected chi connectivity index (χ3v) is 5.46. The van der Waals surface area contributed by atoms with Crippen LogP contribution in [0.3, 0.4) is 0 Å². The van der Waals surface area contributed by atoms with Crippen molar-refractivity contribution in [1.29, 1.82) is 0 Å². The molecule has 0 fully saturated rings. The minimum absolute atomic E-state index is 0.132. The number of sulfonamides is 1. The molecule has 2 N–H and O–H groups in total. The molecule has 146 valence electrons. The number of amides is 1. The van der Waals surface area contributed by atoms with E-state index in [0.29, 0.717) is 6.61 Å². The minimum Gasteiger partial charge on any atom is -0.494 e. The number of rotatable bonds is 10. The van der Waals surface area contributed by atoms with Crippen LogP contribution < -0.4 is 14.8 Å². The zero-order chi connectivity index (χ0) is 19.7. The summed E-state index contributed by atoms with van der Waals surface area (Å²) in [5.41, 5.74) is 1.95. The monoisotopic (exact) mass is 390 g/mol. The Morgan fingerprint density at radius 3 is 2.15 bits per heavy atom. The summed E-state index contributed by atoms with van der Waals surface area (Å²) in [6, 6.07) is 14.1. The average Bonchev–Trinajstić information content (AvgIpc) is 2.67. The van der Waals surface area contributed by atoms with E-state index in [-0.39, 0.29) is 30.3 Å². The Morgan fingerprint density at radius 1 is 0.926 bits per heavy atom. The van der Waals surface area contributed by atoms with E-state index < -0.39 is 10.0 Å². The van der Waals surface area contributed by atoms with E-state index in [1.807, 2.05) is 38.1 Å². The number of ether oxygens (including phenoxy) is 1. The van der Waals surface area contributed by atoms with Crippen LogP contribution in [-0.4, -0.2) is 34.0 Å². The lowest BCUT2D eigenvalue weighted by molar-refractivity contribution is -0.120. The molecule has 0 aliphatic heterocycles. The van der Waals surface area contributed by atoms with Crippen LogP contribution in [0.25, 0.3) is 0 Å². The summed E-state index contributed by atoms with van der Waals surface area (Å²) in [5, 5.41) is 2.72. The largest absolute Gasteiger partial charge is 0.494 e. The molecule has 0 spiro atoms. The van der Waals surface area contributed by atoms with Gasteiger partial charge in [0.15, 0.2) is 0 Å². The minimum atomic E-state index is -3.57. The molecule has 1 amide bonds. The van der Waals surface area contributed by atoms with Gasteiger partial charge in [-0.25, -0.2) is 13.1 Å². The number of carbonyl (C=O) groups excluding carboxylic acids is 1. The average molecular weight is 391 g/mol. The molecular formula is C20H26N2O4S. The topological polar surface area (TPSA) is 84.5 Å². The second-order valence-corrected chi connectivity index (χ2v) is 7.77. The lowest BCUT2D eigenvalue weighted by atomic mass is 10.1. The Balaban J connectivity index is 1.75. The van der Waals surface area contributed by atoms with Gasteiger partial charge in [-0.1, -0.05) is 31.2 Å². The van der Waals surface area contributed by atoms with Crippen LogP contribution in [0.4, 0.5) is 0 Å². The maximum Gasteiger partial charge on any atom is 0.240 e. The number of hydrogen-bond acceptors (Lipinski definition) is 4. The molecule has 6 nitrogen and oxygen atoms in total. The van der Waals surface area contributed by atoms with Crippen LogP contribution in [-0.2, 0) is 27.7 Å². The van der Waals surface area contributed by atoms with Gasteiger partial charge in [0.2, 0.25) is 15.9 Å². The van der Waals surface area contributed by atoms with E-state index in [0.717, 1.165) is 23.3 Å². The quantitative estimate of drug-likeness (QED) is 0.610. The molecule has 2 rings (SSSR count). The highest BCUT2D eigenvalue weighted by Gasteiger charge is 2.13. The highest BCUT2D eigenvalue weighted by Crippen LogP contribution is 2.12. The maximum absolute atomic E-state index is 12.2. The fraction of sp³-hybridized carbons (Fsp3) is 0.350. The fourth-order valence-corrected chi connectivity index (χ4v) is 3.52. The molecule has 27 heavy (non-hydrogen) atoms. The van der Waals surface area contributed by atoms with Gasteiger partial charge in [-0.05, 0) is 48.7 Å². The van der Waals surface area contributed by atoms with Crippen molar-refractivity contribution in [3.63, 3.8) is 0 Å². The molecule has 0 unspecified atom stereocenters. The highest BCUT2D eigenvalue weighted by molar-refractivity contribution is 7.89. The van der Waals surface area contributed by atoms with Gasteiger partial charge in [-0.15, -0.1) is 0 Å². The SMILES string of the molecule is CCOc1ccc(CC(=O)NCCNS(=O)(=O)c2ccc(CC)cc2)cc1. The summed E-state index contributed by atoms with van der Waals surface area (Å²) in [6.45, 7) is 4.88. The fourth-order valence-electron chi connectivity index (χ4n) is 2.49. The van der Waals surface area contributed by atoms with Crippen molar-refractivity contribution >= 4 is 15.9 Å². The molecule has 0 radical (unpaired) electrons. The third-order valence-electron chi connectivity index (χ3n) is 3.98. The second-order valence-electron chi connectivity index (χ2n) is 6.00. The molecule has 0 aromatic heterocycles. The lowest BCUT2D eigenvalue weighted by Gasteiger charge is -2.09. The Kier molecular flexibility index (Phi) is 7.82. The van der Waals surface area contributed by atoms with E-state index in [1.54, 1.807) is 24.3 Å². The van der Waals surface area contributed by atoms with Crippen LogP contribution in [0.2, 0.25) is 0 Å². The predicted octanol–water partition coefficient (Wildman–Crippen LogP) is 2.28. The molecule has 0 saturated carbocycles. The van der Waals surface area contributed by atoms with E-state index in [2.05, 4.69) is 10.0 Å². The van der Waals surface area contributed by atoms with Crippen molar-refractivity contribution in [2.24, 2.45) is 0 Å². The van der Waals surface area contributed by atoms with Crippen LogP contribution in [0.15, 0.2) is 53.4 Å². The van der Waals surface area contributed by atoms with Gasteiger partial charge in [-0.2, -0.15) is 0 Å². The van der Waals surface area contributed by atoms with Crippen molar-refractivity contribution < 1.29 is 17.9 Å². The van der Waals surface area contributed by atoms with Gasteiger partial charge in [0.1, 0.15) is 5.75 Å². The van der Waals surface area contributed by atoms with Crippen LogP contribution in [0.5, 0.6) is 5.75 Å². The van der Waals surface area contributed by atoms with Crippen molar-refractivity contribution in [3.05, 3.63) is 59.7 Å². The van der Waals surface area contributed by atoms with Crippen molar-refractivity contribution in [2.45, 2.75) is 31.6 Å². The molecule has 7 heteroatoms. The van der Waals surface area contributed by atoms with Crippen LogP contribution in [0.1, 0.15) is 25.0 Å². The summed E-state index contributed by atoms with van der Waals surface area (Å²) in [7, 11) is -3.57. The molecule has 2 aromatic carbocycles. The zero-order valence-electron chi connectivity index (χ0n) is 15.7. The first-order valence-corrected chi connectivity index (χ1v) is 10.5. The van der Waals surface area contributed by atoms with Crippen LogP contribution >= 0.6 is 0 Å². The zero-order valence-corrected chi connectivity index (χ0v) is 16.5. The van der Waals surface area contributed by atoms with Gasteiger partial charge in [0.05, 0.1) is 17.9 Å². The van der Waals surface area contributed by atoms with E-state index >= 15 is 0 Å². The molecule has 0 atom stereocenters. The first-order chi connectivity index (χ1) is 12.9. The third kappa shape index (κ3) is 6.69. The maximum atomic E-state index is 12.2. The Labute approximate surface area is 161 Å². The summed E-state index contributed by atoms with van der Waals surface area (Å²) in [5.74, 6) is 0.605. The Hall–Kier alpha value is -2.38. The first-order valence-electron chi connectivity index (χ1n) is 9.01. The van der Waals surface area contributed by atoms with E-state index in [4.69, 9.17) is 4.74 Å². The Morgan fingerprint density at radius 2 is 1.56 bits per heavy atom. The summed E-state index contributed by atoms with van der Waals surface area (Å²) in [6.07, 6.45) is 1.09. The van der Waals surface area contributed by atoms with Gasteiger partial charge >= 0.3 is 0 Å². The number of nitrogens with one attached hydrogen (secondary N) is 2. The first kappa shape index (κ1) is 20.9. The number of carbonyl (C=O) groups is 1. The van der Waals surface area contributed by atoms with Gasteiger partial charge in [0.25, 0.3) is 0 Å². The predicted molar refractivity (Wildman–Crippen MR) is 105 cm³/mol. The van der Waals surface area contributed by atoms with Crippen LogP contribution in [0, 0.1) is 0 Å². The van der Waals surface area contributed by atoms with Crippen molar-refractivity contribution in [3.8, 4) is 5.75 Å². The standard InChI is InChI=1S/C20H26N2O4S/c1-3-16-7-11-19(12-8-16)27(24,25)22-14-13-21-20(23)15-17-5-9-18(10-6-17)26-4-2/h5-12,22H,3-4,13-15H2,1-2H3,(H,21,23). The van der Waals surface area contributed by atoms with Crippen molar-refractivity contribution in [1.82, 2.24) is 10.0 Å². The van der Waals surface area contributed by atoms with Gasteiger partial charge in [-0.3, -0.25) is 4.79 Å². The second kappa shape index (κ2) is 10.1. The molecule has 0 heterocycles. The smallest absolute Gasteiger partial charge is 0.240 e. The van der Waals surface area contributed by atoms with Gasteiger partial charge < -0.3 is 10.1 Å². The summed E-state index contributed by atoms with van der Waals surface area (Å²) >= 11 is 0. The number of aryl methyl sites for hydroxylation is 1. The number of hydrogen-bond donors (Lipinski definition) is 2. The Bertz CT molecular complexity index is 831. The molecule has 0 saturated heterocycles. The normalized spacial score (nSPS) is 11.2. The number of benzene rings is 2. The molecule has 0 aliphatic carbocycles. The summed E-state index contributed by atoms with van der Waals surface area (Å²) < 4.78 is 32.3. The van der Waals surface area contributed by atoms with E-state index in [1.165, 1.54) is 0 Å². The van der Waals surface area contributed by atoms with Crippen molar-refractivity contribution in [2.75, 3.05) is 19.7 Å². The molecule has 0 aliphatic rings. The van der Waals surface area contributed by atoms with Gasteiger partial charge in [0, 0.05) is 13.1 Å².